The maximum Gasteiger partial charge on any atom is 0.272 e. The molecule has 1 atom stereocenters. The molecule has 5 rings (SSSR count). The van der Waals surface area contributed by atoms with Crippen LogP contribution in [-0.2, 0) is 12.8 Å². The van der Waals surface area contributed by atoms with Gasteiger partial charge in [-0.15, -0.1) is 0 Å². The Kier molecular flexibility index (Phi) is 5.58. The van der Waals surface area contributed by atoms with Gasteiger partial charge in [-0.1, -0.05) is 25.1 Å². The number of nitrogens with zero attached hydrogens (tertiary/aromatic N) is 3. The van der Waals surface area contributed by atoms with Gasteiger partial charge in [0.25, 0.3) is 5.91 Å². The Bertz CT molecular complexity index is 1300. The third-order valence-corrected chi connectivity index (χ3v) is 6.40. The summed E-state index contributed by atoms with van der Waals surface area (Å²) in [5.41, 5.74) is 5.30. The second-order valence-corrected chi connectivity index (χ2v) is 8.68. The molecule has 0 radical (unpaired) electrons. The number of hydrogen-bond donors (Lipinski definition) is 4. The van der Waals surface area contributed by atoms with Gasteiger partial charge in [-0.3, -0.25) is 9.89 Å². The Hall–Kier alpha value is -3.68. The van der Waals surface area contributed by atoms with Crippen molar-refractivity contribution in [3.05, 3.63) is 70.6 Å². The minimum absolute atomic E-state index is 0.203. The number of hydrogen-bond acceptors (Lipinski definition) is 5. The second-order valence-electron chi connectivity index (χ2n) is 8.68. The number of amides is 1. The van der Waals surface area contributed by atoms with Crippen LogP contribution in [0.3, 0.4) is 0 Å². The third kappa shape index (κ3) is 4.20. The number of aryl methyl sites for hydroxylation is 1. The van der Waals surface area contributed by atoms with Crippen LogP contribution in [0.15, 0.2) is 36.5 Å². The number of fused-ring (bicyclic) bond motifs is 1. The second kappa shape index (κ2) is 8.69. The molecule has 3 heterocycles. The SMILES string of the molecule is CCc1[nH]nc(C(=O)N[C@H](Cc2c[nH]c3ccccc23)c2cc(NC)nc(C3CC3)n2)c1C. The van der Waals surface area contributed by atoms with E-state index in [9.17, 15) is 4.79 Å². The Morgan fingerprint density at radius 2 is 2.06 bits per heavy atom. The zero-order valence-electron chi connectivity index (χ0n) is 19.2. The molecule has 1 aliphatic carbocycles. The van der Waals surface area contributed by atoms with E-state index in [0.29, 0.717) is 18.0 Å². The van der Waals surface area contributed by atoms with Crippen LogP contribution in [0.2, 0.25) is 0 Å². The summed E-state index contributed by atoms with van der Waals surface area (Å²) in [4.78, 5) is 26.2. The third-order valence-electron chi connectivity index (χ3n) is 6.40. The van der Waals surface area contributed by atoms with E-state index >= 15 is 0 Å². The van der Waals surface area contributed by atoms with Crippen molar-refractivity contribution >= 4 is 22.6 Å². The lowest BCUT2D eigenvalue weighted by molar-refractivity contribution is 0.0930. The number of para-hydroxylation sites is 1. The maximum absolute atomic E-state index is 13.3. The first-order chi connectivity index (χ1) is 16.1. The lowest BCUT2D eigenvalue weighted by Gasteiger charge is -2.19. The Balaban J connectivity index is 1.52. The van der Waals surface area contributed by atoms with Crippen LogP contribution >= 0.6 is 0 Å². The van der Waals surface area contributed by atoms with Gasteiger partial charge in [-0.25, -0.2) is 9.97 Å². The van der Waals surface area contributed by atoms with E-state index in [1.54, 1.807) is 0 Å². The summed E-state index contributed by atoms with van der Waals surface area (Å²) < 4.78 is 0. The van der Waals surface area contributed by atoms with Crippen molar-refractivity contribution < 1.29 is 4.79 Å². The molecule has 0 spiro atoms. The first kappa shape index (κ1) is 21.2. The summed E-state index contributed by atoms with van der Waals surface area (Å²) in [7, 11) is 1.86. The van der Waals surface area contributed by atoms with Crippen LogP contribution < -0.4 is 10.6 Å². The number of H-pyrrole nitrogens is 2. The molecule has 170 valence electrons. The van der Waals surface area contributed by atoms with E-state index in [1.165, 1.54) is 0 Å². The summed E-state index contributed by atoms with van der Waals surface area (Å²) >= 11 is 0. The van der Waals surface area contributed by atoms with E-state index in [4.69, 9.17) is 4.98 Å². The predicted octanol–water partition coefficient (Wildman–Crippen LogP) is 4.18. The topological polar surface area (TPSA) is 111 Å². The molecular weight excluding hydrogens is 414 g/mol. The fourth-order valence-electron chi connectivity index (χ4n) is 4.29. The van der Waals surface area contributed by atoms with Gasteiger partial charge < -0.3 is 15.6 Å². The van der Waals surface area contributed by atoms with Crippen LogP contribution in [-0.4, -0.2) is 38.1 Å². The maximum atomic E-state index is 13.3. The molecule has 1 amide bonds. The average molecular weight is 444 g/mol. The largest absolute Gasteiger partial charge is 0.373 e. The summed E-state index contributed by atoms with van der Waals surface area (Å²) in [6, 6.07) is 9.80. The van der Waals surface area contributed by atoms with Crippen molar-refractivity contribution in [1.29, 1.82) is 0 Å². The highest BCUT2D eigenvalue weighted by atomic mass is 16.2. The van der Waals surface area contributed by atoms with E-state index in [0.717, 1.165) is 64.3 Å². The number of aromatic amines is 2. The van der Waals surface area contributed by atoms with Crippen LogP contribution in [0.4, 0.5) is 5.82 Å². The van der Waals surface area contributed by atoms with Crippen molar-refractivity contribution in [3.63, 3.8) is 0 Å². The molecule has 1 aromatic carbocycles. The van der Waals surface area contributed by atoms with Crippen molar-refractivity contribution in [2.45, 2.75) is 51.5 Å². The molecule has 8 heteroatoms. The first-order valence-electron chi connectivity index (χ1n) is 11.5. The number of rotatable bonds is 8. The summed E-state index contributed by atoms with van der Waals surface area (Å²) in [6.45, 7) is 3.97. The number of aromatic nitrogens is 5. The Labute approximate surface area is 192 Å². The molecular formula is C25H29N7O. The smallest absolute Gasteiger partial charge is 0.272 e. The van der Waals surface area contributed by atoms with Crippen LogP contribution in [0.1, 0.15) is 70.6 Å². The van der Waals surface area contributed by atoms with Gasteiger partial charge in [0.15, 0.2) is 5.69 Å². The summed E-state index contributed by atoms with van der Waals surface area (Å²) in [6.07, 6.45) is 5.63. The van der Waals surface area contributed by atoms with Gasteiger partial charge in [-0.05, 0) is 37.8 Å². The van der Waals surface area contributed by atoms with Crippen LogP contribution in [0.25, 0.3) is 10.9 Å². The molecule has 0 aliphatic heterocycles. The summed E-state index contributed by atoms with van der Waals surface area (Å²) in [5.74, 6) is 1.82. The molecule has 1 fully saturated rings. The van der Waals surface area contributed by atoms with E-state index < -0.39 is 0 Å². The number of carbonyl (C=O) groups is 1. The van der Waals surface area contributed by atoms with Gasteiger partial charge in [0.2, 0.25) is 0 Å². The molecule has 4 N–H and O–H groups in total. The molecule has 0 unspecified atom stereocenters. The summed E-state index contributed by atoms with van der Waals surface area (Å²) in [5, 5.41) is 14.8. The molecule has 0 saturated heterocycles. The minimum atomic E-state index is -0.328. The number of anilines is 1. The first-order valence-corrected chi connectivity index (χ1v) is 11.5. The number of nitrogens with one attached hydrogen (secondary N) is 4. The molecule has 1 aliphatic rings. The lowest BCUT2D eigenvalue weighted by atomic mass is 10.0. The predicted molar refractivity (Wildman–Crippen MR) is 128 cm³/mol. The zero-order chi connectivity index (χ0) is 22.9. The van der Waals surface area contributed by atoms with Crippen molar-refractivity contribution in [2.24, 2.45) is 0 Å². The van der Waals surface area contributed by atoms with E-state index in [1.807, 2.05) is 45.3 Å². The van der Waals surface area contributed by atoms with Gasteiger partial charge in [0.05, 0.1) is 11.7 Å². The van der Waals surface area contributed by atoms with Crippen LogP contribution in [0.5, 0.6) is 0 Å². The fourth-order valence-corrected chi connectivity index (χ4v) is 4.29. The zero-order valence-corrected chi connectivity index (χ0v) is 19.2. The highest BCUT2D eigenvalue weighted by molar-refractivity contribution is 5.94. The number of benzene rings is 1. The van der Waals surface area contributed by atoms with Gasteiger partial charge >= 0.3 is 0 Å². The van der Waals surface area contributed by atoms with E-state index in [2.05, 4.69) is 42.9 Å². The highest BCUT2D eigenvalue weighted by Crippen LogP contribution is 2.39. The van der Waals surface area contributed by atoms with Gasteiger partial charge in [0, 0.05) is 53.8 Å². The normalized spacial score (nSPS) is 14.4. The monoisotopic (exact) mass is 443 g/mol. The van der Waals surface area contributed by atoms with Crippen LogP contribution in [0, 0.1) is 6.92 Å². The molecule has 33 heavy (non-hydrogen) atoms. The minimum Gasteiger partial charge on any atom is -0.373 e. The van der Waals surface area contributed by atoms with Gasteiger partial charge in [-0.2, -0.15) is 5.10 Å². The Morgan fingerprint density at radius 1 is 1.24 bits per heavy atom. The molecule has 0 bridgehead atoms. The van der Waals surface area contributed by atoms with Gasteiger partial charge in [0.1, 0.15) is 11.6 Å². The fraction of sp³-hybridized carbons (Fsp3) is 0.360. The molecule has 1 saturated carbocycles. The lowest BCUT2D eigenvalue weighted by Crippen LogP contribution is -2.31. The number of carbonyl (C=O) groups excluding carboxylic acids is 1. The van der Waals surface area contributed by atoms with Crippen molar-refractivity contribution in [3.8, 4) is 0 Å². The Morgan fingerprint density at radius 3 is 2.79 bits per heavy atom. The molecule has 8 nitrogen and oxygen atoms in total. The quantitative estimate of drug-likeness (QED) is 0.326. The average Bonchev–Trinajstić information content (AvgIpc) is 3.52. The van der Waals surface area contributed by atoms with Crippen molar-refractivity contribution in [1.82, 2.24) is 30.5 Å². The van der Waals surface area contributed by atoms with E-state index in [-0.39, 0.29) is 11.9 Å². The highest BCUT2D eigenvalue weighted by Gasteiger charge is 2.29. The standard InChI is InChI=1S/C25H29N7O/c1-4-18-14(2)23(32-31-18)25(33)29-20(11-16-13-27-19-8-6-5-7-17(16)19)21-12-22(26-3)30-24(28-21)15-9-10-15/h5-8,12-13,15,20,27H,4,9-11H2,1-3H3,(H,29,33)(H,31,32)(H,26,28,30)/t20-/m1/s1. The molecule has 4 aromatic rings. The van der Waals surface area contributed by atoms with Crippen molar-refractivity contribution in [2.75, 3.05) is 12.4 Å². The molecule has 3 aromatic heterocycles.